The van der Waals surface area contributed by atoms with E-state index < -0.39 is 42.2 Å². The maximum absolute atomic E-state index is 11.3. The zero-order chi connectivity index (χ0) is 18.3. The van der Waals surface area contributed by atoms with Crippen LogP contribution in [0.5, 0.6) is 0 Å². The molecule has 0 aromatic carbocycles. The molecule has 0 fully saturated rings. The number of aliphatic carboxylic acids is 1. The Hall–Kier alpha value is -2.84. The minimum absolute atomic E-state index is 0.179. The smallest absolute Gasteiger partial charge is 0.328 e. The molecule has 1 aliphatic rings. The molecule has 3 atom stereocenters. The lowest BCUT2D eigenvalue weighted by Crippen LogP contribution is -2.49. The molecule has 0 spiro atoms. The van der Waals surface area contributed by atoms with E-state index in [1.165, 1.54) is 13.2 Å². The summed E-state index contributed by atoms with van der Waals surface area (Å²) in [6, 6.07) is 0. The second-order valence-electron chi connectivity index (χ2n) is 4.87. The fourth-order valence-electron chi connectivity index (χ4n) is 1.97. The lowest BCUT2D eigenvalue weighted by molar-refractivity contribution is -0.180. The molecule has 0 aromatic heterocycles. The fourth-order valence-corrected chi connectivity index (χ4v) is 1.97. The Balaban J connectivity index is 3.12. The van der Waals surface area contributed by atoms with Crippen molar-refractivity contribution in [2.24, 2.45) is 0 Å². The molecule has 0 amide bonds. The first-order valence-electron chi connectivity index (χ1n) is 6.95. The van der Waals surface area contributed by atoms with E-state index in [0.29, 0.717) is 0 Å². The van der Waals surface area contributed by atoms with Gasteiger partial charge in [-0.15, -0.1) is 0 Å². The van der Waals surface area contributed by atoms with Crippen molar-refractivity contribution in [1.29, 1.82) is 0 Å². The van der Waals surface area contributed by atoms with Crippen LogP contribution in [0.15, 0.2) is 24.0 Å². The summed E-state index contributed by atoms with van der Waals surface area (Å²) in [6.45, 7) is 3.26. The fraction of sp³-hybridized carbons (Fsp3) is 0.467. The third kappa shape index (κ3) is 6.11. The molecule has 0 saturated carbocycles. The molecule has 0 saturated heterocycles. The number of ether oxygens (including phenoxy) is 4. The van der Waals surface area contributed by atoms with Gasteiger partial charge >= 0.3 is 23.9 Å². The lowest BCUT2D eigenvalue weighted by Gasteiger charge is -2.35. The molecule has 0 aliphatic carbocycles. The highest BCUT2D eigenvalue weighted by molar-refractivity contribution is 5.80. The molecule has 1 rings (SSSR count). The van der Waals surface area contributed by atoms with Gasteiger partial charge in [0.2, 0.25) is 0 Å². The minimum atomic E-state index is -1.22. The number of esters is 3. The van der Waals surface area contributed by atoms with Crippen LogP contribution in [0.25, 0.3) is 0 Å². The van der Waals surface area contributed by atoms with Crippen molar-refractivity contribution in [2.45, 2.75) is 39.1 Å². The van der Waals surface area contributed by atoms with Crippen LogP contribution in [0, 0.1) is 0 Å². The van der Waals surface area contributed by atoms with Crippen LogP contribution >= 0.6 is 0 Å². The molecular formula is C15H18O9. The maximum atomic E-state index is 11.3. The summed E-state index contributed by atoms with van der Waals surface area (Å²) in [7, 11) is 0. The summed E-state index contributed by atoms with van der Waals surface area (Å²) in [5, 5.41) is 8.72. The van der Waals surface area contributed by atoms with Crippen molar-refractivity contribution in [1.82, 2.24) is 0 Å². The van der Waals surface area contributed by atoms with Gasteiger partial charge in [-0.05, 0) is 6.08 Å². The van der Waals surface area contributed by atoms with Crippen LogP contribution in [-0.4, -0.2) is 53.9 Å². The van der Waals surface area contributed by atoms with E-state index in [1.54, 1.807) is 0 Å². The zero-order valence-corrected chi connectivity index (χ0v) is 13.4. The Morgan fingerprint density at radius 2 is 1.75 bits per heavy atom. The van der Waals surface area contributed by atoms with Crippen molar-refractivity contribution in [3.05, 3.63) is 24.0 Å². The average Bonchev–Trinajstić information content (AvgIpc) is 2.45. The molecule has 1 N–H and O–H groups in total. The predicted molar refractivity (Wildman–Crippen MR) is 77.5 cm³/mol. The van der Waals surface area contributed by atoms with E-state index in [4.69, 9.17) is 24.1 Å². The van der Waals surface area contributed by atoms with E-state index in [2.05, 4.69) is 0 Å². The van der Waals surface area contributed by atoms with Crippen LogP contribution in [-0.2, 0) is 38.1 Å². The van der Waals surface area contributed by atoms with E-state index >= 15 is 0 Å². The van der Waals surface area contributed by atoms with Crippen LogP contribution < -0.4 is 0 Å². The highest BCUT2D eigenvalue weighted by Gasteiger charge is 2.41. The maximum Gasteiger partial charge on any atom is 0.328 e. The molecule has 0 bridgehead atoms. The predicted octanol–water partition coefficient (Wildman–Crippen LogP) is 0.336. The molecule has 0 radical (unpaired) electrons. The van der Waals surface area contributed by atoms with E-state index in [9.17, 15) is 19.2 Å². The Morgan fingerprint density at radius 1 is 1.12 bits per heavy atom. The van der Waals surface area contributed by atoms with Crippen molar-refractivity contribution in [3.63, 3.8) is 0 Å². The molecular weight excluding hydrogens is 324 g/mol. The first-order valence-corrected chi connectivity index (χ1v) is 6.95. The van der Waals surface area contributed by atoms with Crippen LogP contribution in [0.3, 0.4) is 0 Å². The van der Waals surface area contributed by atoms with Crippen LogP contribution in [0.4, 0.5) is 0 Å². The van der Waals surface area contributed by atoms with Crippen molar-refractivity contribution in [2.75, 3.05) is 6.61 Å². The molecule has 0 aromatic rings. The number of carboxylic acid groups (broad SMARTS) is 1. The summed E-state index contributed by atoms with van der Waals surface area (Å²) in [5.74, 6) is -3.12. The summed E-state index contributed by atoms with van der Waals surface area (Å²) >= 11 is 0. The molecule has 9 heteroatoms. The van der Waals surface area contributed by atoms with Crippen molar-refractivity contribution < 1.29 is 43.2 Å². The largest absolute Gasteiger partial charge is 0.490 e. The second kappa shape index (κ2) is 8.70. The Labute approximate surface area is 137 Å². The first kappa shape index (κ1) is 19.2. The average molecular weight is 342 g/mol. The van der Waals surface area contributed by atoms with Gasteiger partial charge in [-0.3, -0.25) is 14.4 Å². The SMILES string of the molecule is CC(=O)OC[C@H]1OC=C(/C=C/C(=O)O)[C@@H](OC(C)=O)[C@@H]1OC(C)=O. The summed E-state index contributed by atoms with van der Waals surface area (Å²) in [6.07, 6.45) is 0.0307. The number of carbonyl (C=O) groups excluding carboxylic acids is 3. The van der Waals surface area contributed by atoms with Crippen molar-refractivity contribution in [3.8, 4) is 0 Å². The molecule has 0 unspecified atom stereocenters. The standard InChI is InChI=1S/C15H18O9/c1-8(16)21-7-12-15(24-10(3)18)14(23-9(2)17)11(6-22-12)4-5-13(19)20/h4-6,12,14-15H,7H2,1-3H3,(H,19,20)/b5-4+/t12-,14-,15-/m1/s1. The lowest BCUT2D eigenvalue weighted by atomic mass is 9.98. The van der Waals surface area contributed by atoms with Gasteiger partial charge in [0.25, 0.3) is 0 Å². The summed E-state index contributed by atoms with van der Waals surface area (Å²) < 4.78 is 20.5. The Bertz CT molecular complexity index is 575. The third-order valence-corrected chi connectivity index (χ3v) is 2.84. The van der Waals surface area contributed by atoms with E-state index in [-0.39, 0.29) is 12.2 Å². The number of rotatable bonds is 6. The number of hydrogen-bond acceptors (Lipinski definition) is 8. The minimum Gasteiger partial charge on any atom is -0.490 e. The van der Waals surface area contributed by atoms with Gasteiger partial charge < -0.3 is 24.1 Å². The highest BCUT2D eigenvalue weighted by atomic mass is 16.6. The van der Waals surface area contributed by atoms with Gasteiger partial charge in [0, 0.05) is 32.4 Å². The number of carbonyl (C=O) groups is 4. The van der Waals surface area contributed by atoms with E-state index in [1.807, 2.05) is 0 Å². The summed E-state index contributed by atoms with van der Waals surface area (Å²) in [4.78, 5) is 44.3. The quantitative estimate of drug-likeness (QED) is 0.413. The van der Waals surface area contributed by atoms with Crippen molar-refractivity contribution >= 4 is 23.9 Å². The van der Waals surface area contributed by atoms with Gasteiger partial charge in [0.05, 0.1) is 6.26 Å². The summed E-state index contributed by atoms with van der Waals surface area (Å²) in [5.41, 5.74) is 0.179. The first-order chi connectivity index (χ1) is 11.2. The zero-order valence-electron chi connectivity index (χ0n) is 13.4. The van der Waals surface area contributed by atoms with Gasteiger partial charge in [-0.2, -0.15) is 0 Å². The highest BCUT2D eigenvalue weighted by Crippen LogP contribution is 2.26. The van der Waals surface area contributed by atoms with Gasteiger partial charge in [-0.1, -0.05) is 0 Å². The molecule has 9 nitrogen and oxygen atoms in total. The van der Waals surface area contributed by atoms with Gasteiger partial charge in [0.15, 0.2) is 18.3 Å². The molecule has 1 heterocycles. The van der Waals surface area contributed by atoms with E-state index in [0.717, 1.165) is 26.0 Å². The Kier molecular flexibility index (Phi) is 6.97. The van der Waals surface area contributed by atoms with Crippen LogP contribution in [0.2, 0.25) is 0 Å². The van der Waals surface area contributed by atoms with Crippen LogP contribution in [0.1, 0.15) is 20.8 Å². The molecule has 24 heavy (non-hydrogen) atoms. The second-order valence-corrected chi connectivity index (χ2v) is 4.87. The number of hydrogen-bond donors (Lipinski definition) is 1. The van der Waals surface area contributed by atoms with Gasteiger partial charge in [0.1, 0.15) is 6.61 Å². The third-order valence-electron chi connectivity index (χ3n) is 2.84. The topological polar surface area (TPSA) is 125 Å². The molecule has 132 valence electrons. The Morgan fingerprint density at radius 3 is 2.25 bits per heavy atom. The van der Waals surface area contributed by atoms with Gasteiger partial charge in [-0.25, -0.2) is 4.79 Å². The molecule has 1 aliphatic heterocycles. The number of carboxylic acids is 1. The normalized spacial score (nSPS) is 23.0. The monoisotopic (exact) mass is 342 g/mol.